The van der Waals surface area contributed by atoms with Crippen LogP contribution < -0.4 is 11.3 Å². The van der Waals surface area contributed by atoms with E-state index >= 15 is 0 Å². The van der Waals surface area contributed by atoms with Crippen LogP contribution in [0.2, 0.25) is 0 Å². The van der Waals surface area contributed by atoms with Gasteiger partial charge in [0.25, 0.3) is 0 Å². The fraction of sp³-hybridized carbons (Fsp3) is 0.222. The molecule has 0 unspecified atom stereocenters. The second kappa shape index (κ2) is 4.59. The minimum atomic E-state index is -0.297. The Hall–Kier alpha value is -1.85. The molecule has 0 aliphatic heterocycles. The fourth-order valence-corrected chi connectivity index (χ4v) is 0.903. The second-order valence-corrected chi connectivity index (χ2v) is 3.17. The van der Waals surface area contributed by atoms with Gasteiger partial charge in [-0.1, -0.05) is 0 Å². The van der Waals surface area contributed by atoms with E-state index in [1.165, 1.54) is 12.3 Å². The van der Waals surface area contributed by atoms with Crippen LogP contribution in [0.4, 0.5) is 5.82 Å². The van der Waals surface area contributed by atoms with Gasteiger partial charge in [-0.2, -0.15) is 0 Å². The monoisotopic (exact) mass is 202 g/mol. The minimum Gasteiger partial charge on any atom is -0.383 e. The zero-order valence-corrected chi connectivity index (χ0v) is 8.64. The summed E-state index contributed by atoms with van der Waals surface area (Å²) in [6.45, 7) is 0. The summed E-state index contributed by atoms with van der Waals surface area (Å²) in [5.74, 6) is -0.253. The SMILES string of the molecule is [B]c1cnc(C(=O)/C=C/N(C)C)c(N)n1. The van der Waals surface area contributed by atoms with Crippen molar-refractivity contribution >= 4 is 25.0 Å². The van der Waals surface area contributed by atoms with E-state index in [-0.39, 0.29) is 22.9 Å². The van der Waals surface area contributed by atoms with Crippen molar-refractivity contribution in [2.75, 3.05) is 19.8 Å². The molecule has 1 heterocycles. The quantitative estimate of drug-likeness (QED) is 0.391. The number of nitrogen functional groups attached to an aromatic ring is 1. The molecule has 76 valence electrons. The summed E-state index contributed by atoms with van der Waals surface area (Å²) in [4.78, 5) is 20.8. The maximum absolute atomic E-state index is 11.5. The summed E-state index contributed by atoms with van der Waals surface area (Å²) in [5.41, 5.74) is 5.82. The van der Waals surface area contributed by atoms with Gasteiger partial charge in [-0.3, -0.25) is 4.79 Å². The smallest absolute Gasteiger partial charge is 0.209 e. The third-order valence-corrected chi connectivity index (χ3v) is 1.58. The molecule has 0 bridgehead atoms. The first-order valence-electron chi connectivity index (χ1n) is 4.27. The van der Waals surface area contributed by atoms with Gasteiger partial charge in [0.2, 0.25) is 5.78 Å². The molecule has 0 aromatic carbocycles. The molecule has 0 spiro atoms. The van der Waals surface area contributed by atoms with Crippen LogP contribution in [-0.2, 0) is 0 Å². The largest absolute Gasteiger partial charge is 0.383 e. The minimum absolute atomic E-state index is 0.0448. The first-order chi connectivity index (χ1) is 7.00. The van der Waals surface area contributed by atoms with Crippen molar-refractivity contribution in [1.29, 1.82) is 0 Å². The summed E-state index contributed by atoms with van der Waals surface area (Å²) < 4.78 is 0. The third kappa shape index (κ3) is 3.09. The number of aromatic nitrogens is 2. The molecule has 1 rings (SSSR count). The van der Waals surface area contributed by atoms with Gasteiger partial charge >= 0.3 is 0 Å². The van der Waals surface area contributed by atoms with Gasteiger partial charge < -0.3 is 10.6 Å². The second-order valence-electron chi connectivity index (χ2n) is 3.17. The number of allylic oxidation sites excluding steroid dienone is 1. The highest BCUT2D eigenvalue weighted by atomic mass is 16.1. The molecule has 0 saturated heterocycles. The van der Waals surface area contributed by atoms with Gasteiger partial charge in [-0.05, 0) is 0 Å². The number of rotatable bonds is 3. The molecule has 2 N–H and O–H groups in total. The molecule has 5 nitrogen and oxygen atoms in total. The van der Waals surface area contributed by atoms with Gasteiger partial charge in [-0.15, -0.1) is 0 Å². The van der Waals surface area contributed by atoms with Crippen LogP contribution in [0.5, 0.6) is 0 Å². The van der Waals surface area contributed by atoms with Crippen molar-refractivity contribution in [2.24, 2.45) is 0 Å². The lowest BCUT2D eigenvalue weighted by Crippen LogP contribution is -2.16. The van der Waals surface area contributed by atoms with E-state index in [4.69, 9.17) is 13.6 Å². The van der Waals surface area contributed by atoms with Gasteiger partial charge in [0.15, 0.2) is 11.5 Å². The van der Waals surface area contributed by atoms with Crippen LogP contribution in [0.15, 0.2) is 18.5 Å². The van der Waals surface area contributed by atoms with Gasteiger partial charge in [0, 0.05) is 38.2 Å². The lowest BCUT2D eigenvalue weighted by atomic mass is 10.1. The van der Waals surface area contributed by atoms with Crippen molar-refractivity contribution in [3.8, 4) is 0 Å². The standard InChI is InChI=1S/C9H11BN4O/c1-14(2)4-3-6(15)8-9(11)13-7(10)5-12-8/h3-5H,1-2H3,(H2,11,13)/b4-3+. The summed E-state index contributed by atoms with van der Waals surface area (Å²) in [6, 6.07) is 0. The van der Waals surface area contributed by atoms with Crippen LogP contribution in [0.3, 0.4) is 0 Å². The number of hydrogen-bond donors (Lipinski definition) is 1. The van der Waals surface area contributed by atoms with Crippen molar-refractivity contribution in [2.45, 2.75) is 0 Å². The first-order valence-corrected chi connectivity index (χ1v) is 4.27. The summed E-state index contributed by atoms with van der Waals surface area (Å²) in [7, 11) is 8.97. The van der Waals surface area contributed by atoms with Crippen molar-refractivity contribution < 1.29 is 4.79 Å². The summed E-state index contributed by atoms with van der Waals surface area (Å²) >= 11 is 0. The summed E-state index contributed by atoms with van der Waals surface area (Å²) in [5, 5.41) is 0. The molecular formula is C9H11BN4O. The first kappa shape index (κ1) is 11.2. The summed E-state index contributed by atoms with van der Waals surface area (Å²) in [6.07, 6.45) is 4.28. The Morgan fingerprint density at radius 2 is 2.27 bits per heavy atom. The van der Waals surface area contributed by atoms with Crippen molar-refractivity contribution in [3.63, 3.8) is 0 Å². The Morgan fingerprint density at radius 3 is 2.80 bits per heavy atom. The average molecular weight is 202 g/mol. The molecule has 1 aromatic heterocycles. The molecule has 0 amide bonds. The van der Waals surface area contributed by atoms with E-state index in [2.05, 4.69) is 9.97 Å². The third-order valence-electron chi connectivity index (χ3n) is 1.58. The van der Waals surface area contributed by atoms with Crippen LogP contribution in [0.1, 0.15) is 10.5 Å². The van der Waals surface area contributed by atoms with E-state index in [1.807, 2.05) is 14.1 Å². The molecule has 15 heavy (non-hydrogen) atoms. The predicted molar refractivity (Wildman–Crippen MR) is 59.0 cm³/mol. The van der Waals surface area contributed by atoms with Gasteiger partial charge in [0.05, 0.1) is 0 Å². The highest BCUT2D eigenvalue weighted by Crippen LogP contribution is 2.03. The van der Waals surface area contributed by atoms with E-state index in [1.54, 1.807) is 11.1 Å². The Kier molecular flexibility index (Phi) is 3.44. The zero-order valence-electron chi connectivity index (χ0n) is 8.64. The highest BCUT2D eigenvalue weighted by molar-refractivity contribution is 6.30. The van der Waals surface area contributed by atoms with E-state index in [0.29, 0.717) is 0 Å². The Bertz CT molecular complexity index is 403. The fourth-order valence-electron chi connectivity index (χ4n) is 0.903. The molecule has 0 fully saturated rings. The topological polar surface area (TPSA) is 72.1 Å². The number of ketones is 1. The lowest BCUT2D eigenvalue weighted by Gasteiger charge is -2.04. The number of anilines is 1. The highest BCUT2D eigenvalue weighted by Gasteiger charge is 2.09. The average Bonchev–Trinajstić information content (AvgIpc) is 2.14. The van der Waals surface area contributed by atoms with Gasteiger partial charge in [0.1, 0.15) is 7.85 Å². The normalized spacial score (nSPS) is 10.5. The Labute approximate surface area is 89.4 Å². The van der Waals surface area contributed by atoms with E-state index < -0.39 is 0 Å². The maximum Gasteiger partial charge on any atom is 0.209 e. The number of carbonyl (C=O) groups excluding carboxylic acids is 1. The maximum atomic E-state index is 11.5. The number of nitrogens with two attached hydrogens (primary N) is 1. The number of carbonyl (C=O) groups is 1. The number of hydrogen-bond acceptors (Lipinski definition) is 5. The van der Waals surface area contributed by atoms with Crippen LogP contribution in [-0.4, -0.2) is 42.6 Å². The van der Waals surface area contributed by atoms with Crippen molar-refractivity contribution in [1.82, 2.24) is 14.9 Å². The molecule has 1 aromatic rings. The van der Waals surface area contributed by atoms with Gasteiger partial charge in [-0.25, -0.2) is 9.97 Å². The zero-order chi connectivity index (χ0) is 11.4. The van der Waals surface area contributed by atoms with E-state index in [0.717, 1.165) is 0 Å². The molecule has 2 radical (unpaired) electrons. The number of nitrogens with zero attached hydrogens (tertiary/aromatic N) is 3. The molecule has 6 heteroatoms. The van der Waals surface area contributed by atoms with Crippen LogP contribution in [0.25, 0.3) is 0 Å². The van der Waals surface area contributed by atoms with Crippen molar-refractivity contribution in [3.05, 3.63) is 24.2 Å². The predicted octanol–water partition coefficient (Wildman–Crippen LogP) is -0.889. The van der Waals surface area contributed by atoms with Crippen LogP contribution >= 0.6 is 0 Å². The van der Waals surface area contributed by atoms with Crippen LogP contribution in [0, 0.1) is 0 Å². The molecular weight excluding hydrogens is 191 g/mol. The Morgan fingerprint density at radius 1 is 1.60 bits per heavy atom. The Balaban J connectivity index is 2.92. The van der Waals surface area contributed by atoms with E-state index in [9.17, 15) is 4.79 Å². The molecule has 0 saturated carbocycles. The molecule has 0 aliphatic carbocycles. The molecule has 0 atom stereocenters. The molecule has 0 aliphatic rings. The lowest BCUT2D eigenvalue weighted by molar-refractivity contribution is 0.104.